The van der Waals surface area contributed by atoms with Gasteiger partial charge in [0, 0.05) is 6.42 Å². The van der Waals surface area contributed by atoms with Gasteiger partial charge in [-0.15, -0.1) is 0 Å². The highest BCUT2D eigenvalue weighted by Crippen LogP contribution is 2.29. The molecule has 0 aromatic rings. The maximum absolute atomic E-state index is 5.94. The van der Waals surface area contributed by atoms with Crippen LogP contribution in [-0.2, 0) is 4.74 Å². The molecule has 0 N–H and O–H groups in total. The van der Waals surface area contributed by atoms with Gasteiger partial charge in [-0.05, 0) is 12.8 Å². The molecule has 0 aliphatic rings. The molecule has 0 unspecified atom stereocenters. The van der Waals surface area contributed by atoms with E-state index in [0.29, 0.717) is 6.61 Å². The van der Waals surface area contributed by atoms with Gasteiger partial charge < -0.3 is 4.74 Å². The molecule has 1 nitrogen and oxygen atoms in total. The summed E-state index contributed by atoms with van der Waals surface area (Å²) < 4.78 is 4.41. The molecule has 0 amide bonds. The molecule has 0 spiro atoms. The molecule has 3 heteroatoms. The molecule has 0 bridgehead atoms. The molecule has 0 aliphatic heterocycles. The molecule has 80 valence electrons. The van der Waals surface area contributed by atoms with E-state index < -0.39 is 4.52 Å². The van der Waals surface area contributed by atoms with Crippen molar-refractivity contribution in [3.63, 3.8) is 0 Å². The number of rotatable bonds is 8. The van der Waals surface area contributed by atoms with Crippen LogP contribution in [0.1, 0.15) is 52.4 Å². The minimum atomic E-state index is -0.955. The van der Waals surface area contributed by atoms with Gasteiger partial charge in [-0.25, -0.2) is 0 Å². The second-order valence-electron chi connectivity index (χ2n) is 3.30. The Bertz CT molecular complexity index is 115. The Morgan fingerprint density at radius 1 is 1.00 bits per heavy atom. The molecule has 0 aliphatic carbocycles. The van der Waals surface area contributed by atoms with Crippen LogP contribution in [0, 0.1) is 0 Å². The molecule has 0 radical (unpaired) electrons. The van der Waals surface area contributed by atoms with Crippen molar-refractivity contribution in [3.8, 4) is 0 Å². The van der Waals surface area contributed by atoms with Crippen molar-refractivity contribution < 1.29 is 4.74 Å². The van der Waals surface area contributed by atoms with Gasteiger partial charge in [-0.1, -0.05) is 56.3 Å². The Kier molecular flexibility index (Phi) is 8.23. The average Bonchev–Trinajstić information content (AvgIpc) is 2.09. The smallest absolute Gasteiger partial charge is 0.217 e. The second-order valence-corrected chi connectivity index (χ2v) is 4.71. The van der Waals surface area contributed by atoms with Crippen LogP contribution in [0.25, 0.3) is 0 Å². The van der Waals surface area contributed by atoms with Crippen LogP contribution in [0.15, 0.2) is 0 Å². The van der Waals surface area contributed by atoms with E-state index in [1.807, 2.05) is 0 Å². The molecule has 13 heavy (non-hydrogen) atoms. The summed E-state index contributed by atoms with van der Waals surface area (Å²) in [6.07, 6.45) is 6.25. The van der Waals surface area contributed by atoms with E-state index in [9.17, 15) is 0 Å². The highest BCUT2D eigenvalue weighted by Gasteiger charge is 2.22. The largest absolute Gasteiger partial charge is 0.347 e. The molecule has 0 aromatic heterocycles. The summed E-state index contributed by atoms with van der Waals surface area (Å²) >= 11 is 11.9. The zero-order valence-electron chi connectivity index (χ0n) is 8.61. The van der Waals surface area contributed by atoms with Gasteiger partial charge in [-0.3, -0.25) is 0 Å². The van der Waals surface area contributed by atoms with Crippen molar-refractivity contribution in [2.45, 2.75) is 56.9 Å². The standard InChI is InChI=1S/C10H20Cl2O/c1-3-5-7-9-13-10(11,12)8-6-4-2/h3-9H2,1-2H3. The van der Waals surface area contributed by atoms with Gasteiger partial charge in [-0.2, -0.15) is 0 Å². The summed E-state index contributed by atoms with van der Waals surface area (Å²) in [7, 11) is 0. The van der Waals surface area contributed by atoms with E-state index >= 15 is 0 Å². The summed E-state index contributed by atoms with van der Waals surface area (Å²) in [6, 6.07) is 0. The van der Waals surface area contributed by atoms with E-state index in [4.69, 9.17) is 27.9 Å². The molecule has 0 fully saturated rings. The Hall–Kier alpha value is 0.540. The van der Waals surface area contributed by atoms with Crippen LogP contribution < -0.4 is 0 Å². The second kappa shape index (κ2) is 7.90. The van der Waals surface area contributed by atoms with Gasteiger partial charge in [0.1, 0.15) is 0 Å². The molecule has 0 heterocycles. The number of halogens is 2. The normalized spacial score (nSPS) is 12.0. The van der Waals surface area contributed by atoms with Gasteiger partial charge in [0.2, 0.25) is 4.52 Å². The Balaban J connectivity index is 3.39. The number of unbranched alkanes of at least 4 members (excludes halogenated alkanes) is 3. The summed E-state index contributed by atoms with van der Waals surface area (Å²) in [6.45, 7) is 4.94. The summed E-state index contributed by atoms with van der Waals surface area (Å²) in [4.78, 5) is 0. The van der Waals surface area contributed by atoms with Crippen molar-refractivity contribution >= 4 is 23.2 Å². The van der Waals surface area contributed by atoms with Crippen LogP contribution in [-0.4, -0.2) is 11.1 Å². The third kappa shape index (κ3) is 8.86. The third-order valence-electron chi connectivity index (χ3n) is 1.88. The van der Waals surface area contributed by atoms with Crippen LogP contribution in [0.3, 0.4) is 0 Å². The maximum atomic E-state index is 5.94. The summed E-state index contributed by atoms with van der Waals surface area (Å²) in [5.74, 6) is 0. The third-order valence-corrected chi connectivity index (χ3v) is 2.48. The van der Waals surface area contributed by atoms with Crippen molar-refractivity contribution in [2.24, 2.45) is 0 Å². The van der Waals surface area contributed by atoms with Crippen molar-refractivity contribution in [3.05, 3.63) is 0 Å². The number of hydrogen-bond acceptors (Lipinski definition) is 1. The highest BCUT2D eigenvalue weighted by molar-refractivity contribution is 6.47. The zero-order chi connectivity index (χ0) is 10.2. The summed E-state index contributed by atoms with van der Waals surface area (Å²) in [5, 5.41) is 0. The number of alkyl halides is 2. The molecule has 0 saturated carbocycles. The number of hydrogen-bond donors (Lipinski definition) is 0. The molecule has 0 atom stereocenters. The predicted molar refractivity (Wildman–Crippen MR) is 59.4 cm³/mol. The van der Waals surface area contributed by atoms with Crippen molar-refractivity contribution in [1.82, 2.24) is 0 Å². The fourth-order valence-corrected chi connectivity index (χ4v) is 1.45. The lowest BCUT2D eigenvalue weighted by molar-refractivity contribution is 0.0679. The highest BCUT2D eigenvalue weighted by atomic mass is 35.5. The van der Waals surface area contributed by atoms with E-state index in [-0.39, 0.29) is 0 Å². The molecular formula is C10H20Cl2O. The predicted octanol–water partition coefficient (Wildman–Crippen LogP) is 4.51. The van der Waals surface area contributed by atoms with Gasteiger partial charge in [0.25, 0.3) is 0 Å². The molecule has 0 rings (SSSR count). The molecule has 0 aromatic carbocycles. The number of ether oxygens (including phenoxy) is 1. The Labute approximate surface area is 91.7 Å². The minimum Gasteiger partial charge on any atom is -0.347 e. The van der Waals surface area contributed by atoms with Gasteiger partial charge in [0.05, 0.1) is 6.61 Å². The quantitative estimate of drug-likeness (QED) is 0.437. The topological polar surface area (TPSA) is 9.23 Å². The van der Waals surface area contributed by atoms with Gasteiger partial charge >= 0.3 is 0 Å². The zero-order valence-corrected chi connectivity index (χ0v) is 10.1. The van der Waals surface area contributed by atoms with Crippen molar-refractivity contribution in [2.75, 3.05) is 6.61 Å². The fraction of sp³-hybridized carbons (Fsp3) is 1.00. The first-order valence-electron chi connectivity index (χ1n) is 5.14. The lowest BCUT2D eigenvalue weighted by Crippen LogP contribution is -2.18. The Morgan fingerprint density at radius 3 is 2.15 bits per heavy atom. The lowest BCUT2D eigenvalue weighted by Gasteiger charge is -2.19. The lowest BCUT2D eigenvalue weighted by atomic mass is 10.2. The minimum absolute atomic E-state index is 0.671. The first-order valence-corrected chi connectivity index (χ1v) is 5.89. The molecular weight excluding hydrogens is 207 g/mol. The average molecular weight is 227 g/mol. The SMILES string of the molecule is CCCCCOC(Cl)(Cl)CCCC. The van der Waals surface area contributed by atoms with E-state index in [1.54, 1.807) is 0 Å². The first-order chi connectivity index (χ1) is 6.12. The van der Waals surface area contributed by atoms with Gasteiger partial charge in [0.15, 0.2) is 0 Å². The van der Waals surface area contributed by atoms with Crippen LogP contribution in [0.2, 0.25) is 0 Å². The van der Waals surface area contributed by atoms with Crippen molar-refractivity contribution in [1.29, 1.82) is 0 Å². The molecule has 0 saturated heterocycles. The van der Waals surface area contributed by atoms with E-state index in [1.165, 1.54) is 12.8 Å². The monoisotopic (exact) mass is 226 g/mol. The van der Waals surface area contributed by atoms with Crippen LogP contribution in [0.4, 0.5) is 0 Å². The maximum Gasteiger partial charge on any atom is 0.217 e. The van der Waals surface area contributed by atoms with E-state index in [0.717, 1.165) is 25.7 Å². The van der Waals surface area contributed by atoms with Crippen LogP contribution in [0.5, 0.6) is 0 Å². The Morgan fingerprint density at radius 2 is 1.62 bits per heavy atom. The van der Waals surface area contributed by atoms with Crippen LogP contribution >= 0.6 is 23.2 Å². The fourth-order valence-electron chi connectivity index (χ4n) is 1.03. The van der Waals surface area contributed by atoms with E-state index in [2.05, 4.69) is 13.8 Å². The first kappa shape index (κ1) is 13.5. The summed E-state index contributed by atoms with van der Waals surface area (Å²) in [5.41, 5.74) is 0.